The van der Waals surface area contributed by atoms with Gasteiger partial charge >= 0.3 is 12.1 Å². The largest absolute Gasteiger partial charge is 0.480 e. The second-order valence-electron chi connectivity index (χ2n) is 12.0. The van der Waals surface area contributed by atoms with E-state index in [4.69, 9.17) is 18.9 Å². The number of methoxy groups -OCH3 is 1. The summed E-state index contributed by atoms with van der Waals surface area (Å²) in [5.74, 6) is -3.27. The summed E-state index contributed by atoms with van der Waals surface area (Å²) >= 11 is 0.944. The summed E-state index contributed by atoms with van der Waals surface area (Å²) in [7, 11) is 1.56. The summed E-state index contributed by atoms with van der Waals surface area (Å²) in [6.45, 7) is 10.2. The van der Waals surface area contributed by atoms with Gasteiger partial charge in [0, 0.05) is 31.6 Å². The number of ether oxygens (including phenoxy) is 4. The molecule has 0 aromatic carbocycles. The average molecular weight is 613 g/mol. The van der Waals surface area contributed by atoms with Gasteiger partial charge in [-0.25, -0.2) is 9.59 Å². The highest BCUT2D eigenvalue weighted by atomic mass is 32.2. The van der Waals surface area contributed by atoms with E-state index < -0.39 is 47.7 Å². The quantitative estimate of drug-likeness (QED) is 0.183. The van der Waals surface area contributed by atoms with Crippen molar-refractivity contribution >= 4 is 41.4 Å². The molecule has 13 heteroatoms. The fourth-order valence-electron chi connectivity index (χ4n) is 5.62. The lowest BCUT2D eigenvalue weighted by Gasteiger charge is -2.42. The van der Waals surface area contributed by atoms with Gasteiger partial charge in [0.05, 0.1) is 24.4 Å². The topological polar surface area (TPSA) is 173 Å². The number of epoxide rings is 2. The first-order chi connectivity index (χ1) is 19.7. The minimum atomic E-state index is -1.27. The Balaban J connectivity index is 1.47. The molecule has 7 atom stereocenters. The normalized spacial score (nSPS) is 30.3. The Bertz CT molecular complexity index is 1070. The van der Waals surface area contributed by atoms with E-state index in [1.165, 1.54) is 5.57 Å². The fraction of sp³-hybridized carbons (Fsp3) is 0.759. The van der Waals surface area contributed by atoms with Crippen LogP contribution in [-0.4, -0.2) is 95.5 Å². The molecule has 1 spiro atoms. The molecule has 3 fully saturated rings. The number of hydrogen-bond donors (Lipinski definition) is 3. The van der Waals surface area contributed by atoms with Crippen LogP contribution in [0.15, 0.2) is 11.6 Å². The van der Waals surface area contributed by atoms with Gasteiger partial charge in [-0.2, -0.15) is 0 Å². The Kier molecular flexibility index (Phi) is 11.6. The van der Waals surface area contributed by atoms with Crippen LogP contribution in [0.5, 0.6) is 0 Å². The third kappa shape index (κ3) is 8.77. The van der Waals surface area contributed by atoms with Crippen molar-refractivity contribution in [2.24, 2.45) is 11.8 Å². The predicted molar refractivity (Wildman–Crippen MR) is 154 cm³/mol. The van der Waals surface area contributed by atoms with Gasteiger partial charge in [0.25, 0.3) is 0 Å². The molecule has 3 amide bonds. The van der Waals surface area contributed by atoms with Crippen LogP contribution in [0.4, 0.5) is 4.79 Å². The third-order valence-electron chi connectivity index (χ3n) is 8.13. The van der Waals surface area contributed by atoms with Gasteiger partial charge in [0.2, 0.25) is 11.8 Å². The molecule has 12 nitrogen and oxygen atoms in total. The van der Waals surface area contributed by atoms with E-state index >= 15 is 0 Å². The van der Waals surface area contributed by atoms with Gasteiger partial charge in [-0.15, -0.1) is 11.8 Å². The molecule has 2 saturated heterocycles. The Morgan fingerprint density at radius 1 is 1.14 bits per heavy atom. The molecule has 1 saturated carbocycles. The van der Waals surface area contributed by atoms with Crippen molar-refractivity contribution in [1.29, 1.82) is 0 Å². The van der Waals surface area contributed by atoms with Crippen molar-refractivity contribution < 1.29 is 48.0 Å². The van der Waals surface area contributed by atoms with Crippen LogP contribution in [0, 0.1) is 11.8 Å². The van der Waals surface area contributed by atoms with Crippen molar-refractivity contribution in [2.45, 2.75) is 102 Å². The van der Waals surface area contributed by atoms with Crippen molar-refractivity contribution in [3.05, 3.63) is 11.6 Å². The Morgan fingerprint density at radius 2 is 1.83 bits per heavy atom. The fourth-order valence-corrected chi connectivity index (χ4v) is 6.46. The number of amides is 3. The number of carboxylic acids is 1. The summed E-state index contributed by atoms with van der Waals surface area (Å²) in [6, 6.07) is -1.25. The van der Waals surface area contributed by atoms with Gasteiger partial charge in [-0.05, 0) is 40.0 Å². The summed E-state index contributed by atoms with van der Waals surface area (Å²) in [5.41, 5.74) is 0.336. The van der Waals surface area contributed by atoms with Crippen molar-refractivity contribution in [1.82, 2.24) is 10.6 Å². The molecule has 236 valence electrons. The van der Waals surface area contributed by atoms with Crippen LogP contribution >= 0.6 is 11.8 Å². The number of hydrogen-bond acceptors (Lipinski definition) is 10. The molecule has 2 heterocycles. The number of allylic oxidation sites excluding steroid dienone is 1. The molecule has 0 aromatic heterocycles. The maximum atomic E-state index is 12.6. The highest BCUT2D eigenvalue weighted by Gasteiger charge is 2.72. The first-order valence-corrected chi connectivity index (χ1v) is 15.5. The SMILES string of the molecule is CO[C@H]1[C@H](C2(C)O[C@@H]2CC=C(C)C)[C@]2(CC[C@H]1OC(=O)NC(=O)CSC[C@@H](NC(=O)CCC(=O)C(C)C)C(=O)O)CO2. The van der Waals surface area contributed by atoms with Crippen molar-refractivity contribution in [3.8, 4) is 0 Å². The molecule has 0 radical (unpaired) electrons. The Morgan fingerprint density at radius 3 is 2.40 bits per heavy atom. The number of alkyl carbamates (subject to hydrolysis) is 1. The van der Waals surface area contributed by atoms with E-state index in [1.54, 1.807) is 21.0 Å². The predicted octanol–water partition coefficient (Wildman–Crippen LogP) is 2.62. The number of carboxylic acid groups (broad SMARTS) is 1. The molecule has 2 aliphatic heterocycles. The summed E-state index contributed by atoms with van der Waals surface area (Å²) < 4.78 is 23.6. The van der Waals surface area contributed by atoms with Crippen molar-refractivity contribution in [2.75, 3.05) is 25.2 Å². The van der Waals surface area contributed by atoms with Crippen LogP contribution in [0.25, 0.3) is 0 Å². The van der Waals surface area contributed by atoms with Crippen LogP contribution in [0.1, 0.15) is 66.7 Å². The summed E-state index contributed by atoms with van der Waals surface area (Å²) in [5, 5.41) is 14.0. The number of Topliss-reactive ketones (excluding diaryl/α,β-unsaturated/α-hetero) is 1. The standard InChI is InChI=1S/C29H44N2O10S/c1-16(2)7-9-21-28(5,41-21)25-24(38-6)20(11-12-29(25)15-39-29)40-27(37)31-23(34)14-42-13-18(26(35)36)30-22(33)10-8-19(32)17(3)4/h7,17-18,20-21,24-25H,8-15H2,1-6H3,(H,30,33)(H,35,36)(H,31,34,37)/t18-,20-,21-,24-,25-,28?,29+/m1/s1. The number of imide groups is 1. The van der Waals surface area contributed by atoms with E-state index in [0.29, 0.717) is 19.4 Å². The molecule has 0 aromatic rings. The maximum Gasteiger partial charge on any atom is 0.414 e. The number of carbonyl (C=O) groups is 5. The molecule has 42 heavy (non-hydrogen) atoms. The lowest BCUT2D eigenvalue weighted by atomic mass is 9.68. The number of rotatable bonds is 15. The minimum absolute atomic E-state index is 0.00393. The van der Waals surface area contributed by atoms with E-state index in [0.717, 1.165) is 18.2 Å². The second-order valence-corrected chi connectivity index (χ2v) is 13.0. The molecule has 3 rings (SSSR count). The van der Waals surface area contributed by atoms with Gasteiger partial charge in [0.15, 0.2) is 0 Å². The number of carbonyl (C=O) groups excluding carboxylic acids is 4. The van der Waals surface area contributed by atoms with Crippen LogP contribution < -0.4 is 10.6 Å². The number of ketones is 1. The molecular weight excluding hydrogens is 568 g/mol. The molecule has 1 unspecified atom stereocenters. The summed E-state index contributed by atoms with van der Waals surface area (Å²) in [4.78, 5) is 60.4. The van der Waals surface area contributed by atoms with E-state index in [-0.39, 0.29) is 53.7 Å². The highest BCUT2D eigenvalue weighted by molar-refractivity contribution is 8.00. The van der Waals surface area contributed by atoms with E-state index in [9.17, 15) is 29.1 Å². The molecule has 0 bridgehead atoms. The van der Waals surface area contributed by atoms with E-state index in [2.05, 4.69) is 16.7 Å². The maximum absolute atomic E-state index is 12.6. The van der Waals surface area contributed by atoms with E-state index in [1.807, 2.05) is 20.8 Å². The van der Waals surface area contributed by atoms with Crippen LogP contribution in [0.3, 0.4) is 0 Å². The lowest BCUT2D eigenvalue weighted by molar-refractivity contribution is -0.141. The zero-order valence-corrected chi connectivity index (χ0v) is 26.0. The van der Waals surface area contributed by atoms with Crippen LogP contribution in [-0.2, 0) is 38.1 Å². The van der Waals surface area contributed by atoms with Gasteiger partial charge in [-0.3, -0.25) is 19.7 Å². The second kappa shape index (κ2) is 14.3. The monoisotopic (exact) mass is 612 g/mol. The number of nitrogens with one attached hydrogen (secondary N) is 2. The molecule has 3 N–H and O–H groups in total. The van der Waals surface area contributed by atoms with Gasteiger partial charge < -0.3 is 29.4 Å². The average Bonchev–Trinajstić information content (AvgIpc) is 3.82. The Hall–Kier alpha value is -2.48. The highest BCUT2D eigenvalue weighted by Crippen LogP contribution is 2.59. The number of thioether (sulfide) groups is 1. The minimum Gasteiger partial charge on any atom is -0.480 e. The first-order valence-electron chi connectivity index (χ1n) is 14.3. The molecule has 3 aliphatic rings. The molecule has 1 aliphatic carbocycles. The van der Waals surface area contributed by atoms with Crippen molar-refractivity contribution in [3.63, 3.8) is 0 Å². The third-order valence-corrected chi connectivity index (χ3v) is 9.17. The van der Waals surface area contributed by atoms with Gasteiger partial charge in [0.1, 0.15) is 35.2 Å². The first kappa shape index (κ1) is 34.0. The van der Waals surface area contributed by atoms with Gasteiger partial charge in [-0.1, -0.05) is 25.5 Å². The lowest BCUT2D eigenvalue weighted by Crippen LogP contribution is -2.56. The zero-order valence-electron chi connectivity index (χ0n) is 25.2. The number of aliphatic carboxylic acids is 1. The summed E-state index contributed by atoms with van der Waals surface area (Å²) in [6.07, 6.45) is 1.96. The zero-order chi connectivity index (χ0) is 31.2. The van der Waals surface area contributed by atoms with Crippen LogP contribution in [0.2, 0.25) is 0 Å². The molecular formula is C29H44N2O10S. The smallest absolute Gasteiger partial charge is 0.414 e. The Labute approximate surface area is 251 Å².